The molecule has 1 saturated carbocycles. The highest BCUT2D eigenvalue weighted by Gasteiger charge is 2.60. The van der Waals surface area contributed by atoms with E-state index in [1.165, 1.54) is 4.90 Å². The van der Waals surface area contributed by atoms with Crippen molar-refractivity contribution < 1.29 is 28.7 Å². The van der Waals surface area contributed by atoms with Crippen molar-refractivity contribution in [3.63, 3.8) is 0 Å². The molecule has 9 nitrogen and oxygen atoms in total. The maximum absolute atomic E-state index is 13.3. The van der Waals surface area contributed by atoms with E-state index < -0.39 is 28.7 Å². The summed E-state index contributed by atoms with van der Waals surface area (Å²) in [5, 5.41) is 2.80. The Bertz CT molecular complexity index is 1070. The molecular formula is C27H37N3O6. The van der Waals surface area contributed by atoms with Gasteiger partial charge in [-0.05, 0) is 90.8 Å². The number of benzene rings is 1. The maximum atomic E-state index is 13.3. The summed E-state index contributed by atoms with van der Waals surface area (Å²) >= 11 is 0. The zero-order valence-electron chi connectivity index (χ0n) is 22.1. The molecule has 0 bridgehead atoms. The number of carbonyl (C=O) groups excluding carboxylic acids is 4. The van der Waals surface area contributed by atoms with E-state index in [0.717, 1.165) is 5.56 Å². The van der Waals surface area contributed by atoms with E-state index in [4.69, 9.17) is 9.47 Å². The summed E-state index contributed by atoms with van der Waals surface area (Å²) in [7, 11) is 0. The van der Waals surface area contributed by atoms with Crippen LogP contribution in [0.15, 0.2) is 24.3 Å². The molecular weight excluding hydrogens is 462 g/mol. The quantitative estimate of drug-likeness (QED) is 0.484. The number of anilines is 1. The molecule has 0 radical (unpaired) electrons. The summed E-state index contributed by atoms with van der Waals surface area (Å²) in [6, 6.07) is 6.77. The smallest absolute Gasteiger partial charge is 0.410 e. The monoisotopic (exact) mass is 499 g/mol. The zero-order chi connectivity index (χ0) is 26.5. The lowest BCUT2D eigenvalue weighted by atomic mass is 9.85. The van der Waals surface area contributed by atoms with E-state index in [9.17, 15) is 19.2 Å². The van der Waals surface area contributed by atoms with E-state index in [1.54, 1.807) is 23.1 Å². The Balaban J connectivity index is 1.53. The molecule has 196 valence electrons. The van der Waals surface area contributed by atoms with Gasteiger partial charge in [0, 0.05) is 13.1 Å². The lowest BCUT2D eigenvalue weighted by molar-refractivity contribution is -0.162. The van der Waals surface area contributed by atoms with Crippen LogP contribution in [0.2, 0.25) is 0 Å². The lowest BCUT2D eigenvalue weighted by Gasteiger charge is -2.28. The van der Waals surface area contributed by atoms with Crippen molar-refractivity contribution >= 4 is 29.7 Å². The van der Waals surface area contributed by atoms with Gasteiger partial charge in [-0.2, -0.15) is 0 Å². The fourth-order valence-corrected chi connectivity index (χ4v) is 4.82. The summed E-state index contributed by atoms with van der Waals surface area (Å²) < 4.78 is 11.3. The minimum atomic E-state index is -0.735. The number of amides is 4. The molecule has 9 heteroatoms. The third-order valence-corrected chi connectivity index (χ3v) is 6.69. The van der Waals surface area contributed by atoms with Crippen LogP contribution in [-0.2, 0) is 25.5 Å². The van der Waals surface area contributed by atoms with Crippen molar-refractivity contribution in [3.8, 4) is 0 Å². The highest BCUT2D eigenvalue weighted by molar-refractivity contribution is 6.24. The number of ether oxygens (including phenoxy) is 2. The van der Waals surface area contributed by atoms with Gasteiger partial charge in [0.05, 0.1) is 11.6 Å². The molecule has 2 aliphatic heterocycles. The minimum Gasteiger partial charge on any atom is -0.460 e. The van der Waals surface area contributed by atoms with E-state index >= 15 is 0 Å². The second-order valence-electron chi connectivity index (χ2n) is 12.1. The Morgan fingerprint density at radius 2 is 1.75 bits per heavy atom. The first-order valence-electron chi connectivity index (χ1n) is 12.6. The van der Waals surface area contributed by atoms with Crippen molar-refractivity contribution in [1.29, 1.82) is 0 Å². The number of urea groups is 1. The Hall–Kier alpha value is -3.10. The first-order valence-corrected chi connectivity index (χ1v) is 12.6. The van der Waals surface area contributed by atoms with Gasteiger partial charge in [0.15, 0.2) is 0 Å². The van der Waals surface area contributed by atoms with Gasteiger partial charge in [0.2, 0.25) is 0 Å². The van der Waals surface area contributed by atoms with Crippen molar-refractivity contribution in [2.45, 2.75) is 84.0 Å². The minimum absolute atomic E-state index is 0.109. The summed E-state index contributed by atoms with van der Waals surface area (Å²) in [6.45, 7) is 11.9. The molecule has 2 atom stereocenters. The molecule has 0 aromatic heterocycles. The number of carbonyl (C=O) groups is 4. The van der Waals surface area contributed by atoms with Crippen molar-refractivity contribution in [3.05, 3.63) is 29.8 Å². The van der Waals surface area contributed by atoms with Gasteiger partial charge in [0.25, 0.3) is 5.91 Å². The number of imide groups is 1. The molecule has 36 heavy (non-hydrogen) atoms. The normalized spacial score (nSPS) is 22.0. The summed E-state index contributed by atoms with van der Waals surface area (Å²) in [5.74, 6) is -1.15. The highest BCUT2D eigenvalue weighted by atomic mass is 16.6. The number of nitrogens with zero attached hydrogens (tertiary/aromatic N) is 2. The van der Waals surface area contributed by atoms with Crippen LogP contribution in [0.3, 0.4) is 0 Å². The van der Waals surface area contributed by atoms with Crippen LogP contribution in [0, 0.1) is 11.8 Å². The Labute approximate surface area is 212 Å². The molecule has 1 aromatic carbocycles. The van der Waals surface area contributed by atoms with Gasteiger partial charge in [-0.1, -0.05) is 12.1 Å². The molecule has 1 N–H and O–H groups in total. The predicted molar refractivity (Wildman–Crippen MR) is 133 cm³/mol. The van der Waals surface area contributed by atoms with Crippen LogP contribution >= 0.6 is 0 Å². The number of nitrogens with one attached hydrogen (secondary N) is 1. The molecule has 2 saturated heterocycles. The molecule has 0 unspecified atom stereocenters. The zero-order valence-corrected chi connectivity index (χ0v) is 22.1. The summed E-state index contributed by atoms with van der Waals surface area (Å²) in [6.07, 6.45) is 1.94. The van der Waals surface area contributed by atoms with Gasteiger partial charge in [0.1, 0.15) is 16.7 Å². The van der Waals surface area contributed by atoms with E-state index in [0.29, 0.717) is 44.5 Å². The highest BCUT2D eigenvalue weighted by Crippen LogP contribution is 2.42. The number of esters is 1. The first kappa shape index (κ1) is 26.0. The van der Waals surface area contributed by atoms with E-state index in [-0.39, 0.29) is 23.9 Å². The third-order valence-electron chi connectivity index (χ3n) is 6.69. The van der Waals surface area contributed by atoms with Crippen molar-refractivity contribution in [2.75, 3.05) is 18.0 Å². The molecule has 3 aliphatic rings. The fourth-order valence-electron chi connectivity index (χ4n) is 4.82. The number of likely N-dealkylation sites (tertiary alicyclic amines) is 1. The molecule has 2 heterocycles. The molecule has 4 amide bonds. The largest absolute Gasteiger partial charge is 0.460 e. The Kier molecular flexibility index (Phi) is 6.56. The van der Waals surface area contributed by atoms with Crippen LogP contribution in [0.25, 0.3) is 0 Å². The van der Waals surface area contributed by atoms with Gasteiger partial charge < -0.3 is 19.7 Å². The molecule has 1 spiro atoms. The SMILES string of the molecule is CC(C)(C)OC(=O)[C@@H](Cc1cccc(N2C(=O)NC3(CC3)C2=O)c1)[C@H]1CCN(C(=O)OC(C)(C)C)C1. The van der Waals surface area contributed by atoms with Crippen LogP contribution in [-0.4, -0.2) is 58.7 Å². The first-order chi connectivity index (χ1) is 16.7. The molecule has 1 aliphatic carbocycles. The van der Waals surface area contributed by atoms with E-state index in [2.05, 4.69) is 5.32 Å². The van der Waals surface area contributed by atoms with Crippen LogP contribution in [0.4, 0.5) is 15.3 Å². The Morgan fingerprint density at radius 1 is 1.08 bits per heavy atom. The van der Waals surface area contributed by atoms with E-state index in [1.807, 2.05) is 47.6 Å². The van der Waals surface area contributed by atoms with Crippen LogP contribution in [0.1, 0.15) is 66.4 Å². The van der Waals surface area contributed by atoms with Gasteiger partial charge in [-0.15, -0.1) is 0 Å². The fraction of sp³-hybridized carbons (Fsp3) is 0.630. The van der Waals surface area contributed by atoms with Gasteiger partial charge >= 0.3 is 18.1 Å². The second-order valence-corrected chi connectivity index (χ2v) is 12.1. The average molecular weight is 500 g/mol. The molecule has 1 aromatic rings. The van der Waals surface area contributed by atoms with Crippen molar-refractivity contribution in [2.24, 2.45) is 11.8 Å². The van der Waals surface area contributed by atoms with Crippen LogP contribution in [0.5, 0.6) is 0 Å². The van der Waals surface area contributed by atoms with Crippen molar-refractivity contribution in [1.82, 2.24) is 10.2 Å². The van der Waals surface area contributed by atoms with Crippen LogP contribution < -0.4 is 10.2 Å². The summed E-state index contributed by atoms with van der Waals surface area (Å²) in [5.41, 5.74) is -0.682. The number of rotatable bonds is 5. The molecule has 3 fully saturated rings. The topological polar surface area (TPSA) is 105 Å². The average Bonchev–Trinajstić information content (AvgIpc) is 3.26. The molecule has 4 rings (SSSR count). The number of hydrogen-bond donors (Lipinski definition) is 1. The van der Waals surface area contributed by atoms with Gasteiger partial charge in [-0.25, -0.2) is 14.5 Å². The maximum Gasteiger partial charge on any atom is 0.410 e. The second kappa shape index (κ2) is 9.09. The third kappa shape index (κ3) is 5.65. The standard InChI is InChI=1S/C27H37N3O6/c1-25(2,3)35-21(31)20(18-10-13-29(16-18)24(34)36-26(4,5)6)15-17-8-7-9-19(14-17)30-22(32)27(11-12-27)28-23(30)33/h7-9,14,18,20H,10-13,15-16H2,1-6H3,(H,28,33)/t18-,20-/m0/s1. The van der Waals surface area contributed by atoms with Gasteiger partial charge in [-0.3, -0.25) is 9.59 Å². The number of hydrogen-bond acceptors (Lipinski definition) is 6. The Morgan fingerprint density at radius 3 is 2.33 bits per heavy atom. The summed E-state index contributed by atoms with van der Waals surface area (Å²) in [4.78, 5) is 54.1. The predicted octanol–water partition coefficient (Wildman–Crippen LogP) is 4.03. The lowest BCUT2D eigenvalue weighted by Crippen LogP contribution is -2.38.